The van der Waals surface area contributed by atoms with Gasteiger partial charge in [0.05, 0.1) is 0 Å². The number of piperazine rings is 1. The summed E-state index contributed by atoms with van der Waals surface area (Å²) in [4.78, 5) is 21.1. The highest BCUT2D eigenvalue weighted by atomic mass is 16.2. The summed E-state index contributed by atoms with van der Waals surface area (Å²) in [6.07, 6.45) is 7.33. The lowest BCUT2D eigenvalue weighted by Crippen LogP contribution is -2.47. The summed E-state index contributed by atoms with van der Waals surface area (Å²) in [6.45, 7) is 8.42. The molecule has 30 heavy (non-hydrogen) atoms. The van der Waals surface area contributed by atoms with Gasteiger partial charge in [0.2, 0.25) is 5.91 Å². The van der Waals surface area contributed by atoms with Crippen LogP contribution in [0.3, 0.4) is 0 Å². The third-order valence-electron chi connectivity index (χ3n) is 5.73. The van der Waals surface area contributed by atoms with Crippen LogP contribution in [0.5, 0.6) is 0 Å². The fourth-order valence-corrected chi connectivity index (χ4v) is 4.07. The lowest BCUT2D eigenvalue weighted by Gasteiger charge is -2.34. The molecule has 3 aromatic rings. The summed E-state index contributed by atoms with van der Waals surface area (Å²) >= 11 is 0. The number of pyridine rings is 1. The zero-order chi connectivity index (χ0) is 20.9. The minimum absolute atomic E-state index is 0.0862. The Morgan fingerprint density at radius 1 is 1.00 bits per heavy atom. The second-order valence-electron chi connectivity index (χ2n) is 7.79. The largest absolute Gasteiger partial charge is 0.337 e. The number of carbonyl (C=O) groups is 1. The average molecular weight is 401 g/mol. The first-order chi connectivity index (χ1) is 14.6. The van der Waals surface area contributed by atoms with Gasteiger partial charge in [-0.05, 0) is 61.4 Å². The van der Waals surface area contributed by atoms with Gasteiger partial charge in [-0.15, -0.1) is 0 Å². The molecule has 5 heteroatoms. The number of hydrogen-bond donors (Lipinski definition) is 0. The number of carbonyl (C=O) groups excluding carboxylic acids is 1. The molecule has 0 saturated carbocycles. The zero-order valence-corrected chi connectivity index (χ0v) is 17.7. The second kappa shape index (κ2) is 9.09. The molecule has 0 unspecified atom stereocenters. The van der Waals surface area contributed by atoms with E-state index in [0.717, 1.165) is 55.4 Å². The van der Waals surface area contributed by atoms with Crippen LogP contribution in [0.1, 0.15) is 22.5 Å². The fraction of sp³-hybridized carbons (Fsp3) is 0.280. The molecule has 0 spiro atoms. The van der Waals surface area contributed by atoms with E-state index in [1.807, 2.05) is 53.7 Å². The van der Waals surface area contributed by atoms with Crippen molar-refractivity contribution >= 4 is 12.0 Å². The number of para-hydroxylation sites is 1. The molecular formula is C25H28N4O. The van der Waals surface area contributed by atoms with Crippen LogP contribution in [0.25, 0.3) is 11.8 Å². The molecule has 0 radical (unpaired) electrons. The number of aromatic nitrogens is 2. The predicted octanol–water partition coefficient (Wildman–Crippen LogP) is 3.85. The van der Waals surface area contributed by atoms with Crippen molar-refractivity contribution in [2.45, 2.75) is 20.4 Å². The molecule has 0 atom stereocenters. The van der Waals surface area contributed by atoms with Crippen LogP contribution in [-0.2, 0) is 11.3 Å². The first kappa shape index (κ1) is 20.1. The van der Waals surface area contributed by atoms with Gasteiger partial charge < -0.3 is 9.47 Å². The lowest BCUT2D eigenvalue weighted by atomic mass is 10.2. The molecule has 0 bridgehead atoms. The van der Waals surface area contributed by atoms with Crippen LogP contribution in [0.2, 0.25) is 0 Å². The van der Waals surface area contributed by atoms with Gasteiger partial charge in [-0.25, -0.2) is 0 Å². The van der Waals surface area contributed by atoms with E-state index < -0.39 is 0 Å². The number of hydrogen-bond acceptors (Lipinski definition) is 3. The molecule has 4 rings (SSSR count). The smallest absolute Gasteiger partial charge is 0.246 e. The Morgan fingerprint density at radius 3 is 2.40 bits per heavy atom. The normalized spacial score (nSPS) is 15.1. The maximum Gasteiger partial charge on any atom is 0.246 e. The van der Waals surface area contributed by atoms with Crippen molar-refractivity contribution < 1.29 is 4.79 Å². The Hall–Kier alpha value is -3.18. The Kier molecular flexibility index (Phi) is 6.10. The van der Waals surface area contributed by atoms with Gasteiger partial charge in [-0.1, -0.05) is 18.2 Å². The van der Waals surface area contributed by atoms with Crippen LogP contribution in [0, 0.1) is 13.8 Å². The van der Waals surface area contributed by atoms with Gasteiger partial charge >= 0.3 is 0 Å². The van der Waals surface area contributed by atoms with Crippen LogP contribution < -0.4 is 0 Å². The molecule has 1 saturated heterocycles. The maximum atomic E-state index is 12.7. The van der Waals surface area contributed by atoms with E-state index in [9.17, 15) is 4.79 Å². The van der Waals surface area contributed by atoms with Crippen LogP contribution in [-0.4, -0.2) is 51.4 Å². The molecule has 0 aliphatic carbocycles. The summed E-state index contributed by atoms with van der Waals surface area (Å²) < 4.78 is 2.22. The van der Waals surface area contributed by atoms with Crippen molar-refractivity contribution in [1.29, 1.82) is 0 Å². The van der Waals surface area contributed by atoms with Gasteiger partial charge in [-0.2, -0.15) is 0 Å². The average Bonchev–Trinajstić information content (AvgIpc) is 3.07. The van der Waals surface area contributed by atoms with Gasteiger partial charge in [-0.3, -0.25) is 14.7 Å². The minimum Gasteiger partial charge on any atom is -0.337 e. The summed E-state index contributed by atoms with van der Waals surface area (Å²) in [5.74, 6) is 0.0862. The number of nitrogens with zero attached hydrogens (tertiary/aromatic N) is 4. The number of amides is 1. The lowest BCUT2D eigenvalue weighted by molar-refractivity contribution is -0.127. The van der Waals surface area contributed by atoms with Gasteiger partial charge in [0.25, 0.3) is 0 Å². The van der Waals surface area contributed by atoms with E-state index in [0.29, 0.717) is 0 Å². The molecule has 1 aliphatic rings. The Labute approximate surface area is 178 Å². The van der Waals surface area contributed by atoms with Gasteiger partial charge in [0.1, 0.15) is 0 Å². The van der Waals surface area contributed by atoms with E-state index in [4.69, 9.17) is 0 Å². The monoisotopic (exact) mass is 400 g/mol. The van der Waals surface area contributed by atoms with Crippen molar-refractivity contribution in [1.82, 2.24) is 19.4 Å². The topological polar surface area (TPSA) is 41.4 Å². The SMILES string of the molecule is Cc1cc(C=CC(=O)N2CCN(Cc3ccncc3)CC2)c(C)n1-c1ccccc1. The van der Waals surface area contributed by atoms with E-state index in [-0.39, 0.29) is 5.91 Å². The maximum absolute atomic E-state index is 12.7. The summed E-state index contributed by atoms with van der Waals surface area (Å²) in [6, 6.07) is 16.5. The molecular weight excluding hydrogens is 372 g/mol. The number of benzene rings is 1. The van der Waals surface area contributed by atoms with E-state index in [1.165, 1.54) is 5.56 Å². The molecule has 1 amide bonds. The molecule has 1 aromatic carbocycles. The molecule has 2 aromatic heterocycles. The van der Waals surface area contributed by atoms with Crippen molar-refractivity contribution in [3.8, 4) is 5.69 Å². The van der Waals surface area contributed by atoms with Crippen molar-refractivity contribution in [3.05, 3.63) is 89.5 Å². The molecule has 3 heterocycles. The third-order valence-corrected chi connectivity index (χ3v) is 5.73. The Bertz CT molecular complexity index is 1020. The molecule has 0 N–H and O–H groups in total. The minimum atomic E-state index is 0.0862. The first-order valence-corrected chi connectivity index (χ1v) is 10.4. The molecule has 1 aliphatic heterocycles. The molecule has 154 valence electrons. The highest BCUT2D eigenvalue weighted by Gasteiger charge is 2.19. The Morgan fingerprint density at radius 2 is 1.70 bits per heavy atom. The van der Waals surface area contributed by atoms with Crippen molar-refractivity contribution in [2.75, 3.05) is 26.2 Å². The third kappa shape index (κ3) is 4.52. The van der Waals surface area contributed by atoms with Crippen LogP contribution in [0.4, 0.5) is 0 Å². The van der Waals surface area contributed by atoms with Gasteiger partial charge in [0, 0.05) is 68.3 Å². The van der Waals surface area contributed by atoms with Gasteiger partial charge in [0.15, 0.2) is 0 Å². The quantitative estimate of drug-likeness (QED) is 0.611. The Balaban J connectivity index is 1.37. The van der Waals surface area contributed by atoms with E-state index >= 15 is 0 Å². The predicted molar refractivity (Wildman–Crippen MR) is 120 cm³/mol. The van der Waals surface area contributed by atoms with Crippen molar-refractivity contribution in [2.24, 2.45) is 0 Å². The second-order valence-corrected chi connectivity index (χ2v) is 7.79. The number of aryl methyl sites for hydroxylation is 1. The summed E-state index contributed by atoms with van der Waals surface area (Å²) in [5.41, 5.74) is 5.80. The molecule has 5 nitrogen and oxygen atoms in total. The van der Waals surface area contributed by atoms with E-state index in [1.54, 1.807) is 6.08 Å². The molecule has 1 fully saturated rings. The fourth-order valence-electron chi connectivity index (χ4n) is 4.07. The summed E-state index contributed by atoms with van der Waals surface area (Å²) in [5, 5.41) is 0. The highest BCUT2D eigenvalue weighted by Crippen LogP contribution is 2.21. The standard InChI is InChI=1S/C25H28N4O/c1-20-18-23(21(2)29(20)24-6-4-3-5-7-24)8-9-25(30)28-16-14-27(15-17-28)19-22-10-12-26-13-11-22/h3-13,18H,14-17,19H2,1-2H3. The first-order valence-electron chi connectivity index (χ1n) is 10.4. The number of rotatable bonds is 5. The van der Waals surface area contributed by atoms with Crippen LogP contribution in [0.15, 0.2) is 67.0 Å². The van der Waals surface area contributed by atoms with Crippen LogP contribution >= 0.6 is 0 Å². The summed E-state index contributed by atoms with van der Waals surface area (Å²) in [7, 11) is 0. The van der Waals surface area contributed by atoms with E-state index in [2.05, 4.69) is 46.5 Å². The zero-order valence-electron chi connectivity index (χ0n) is 17.7. The van der Waals surface area contributed by atoms with Crippen molar-refractivity contribution in [3.63, 3.8) is 0 Å². The highest BCUT2D eigenvalue weighted by molar-refractivity contribution is 5.92.